The highest BCUT2D eigenvalue weighted by molar-refractivity contribution is 5.09. The zero-order valence-electron chi connectivity index (χ0n) is 5.72. The molecule has 3 atom stereocenters. The molecule has 2 rings (SSSR count). The van der Waals surface area contributed by atoms with Crippen LogP contribution in [0.5, 0.6) is 0 Å². The Morgan fingerprint density at radius 3 is 2.56 bits per heavy atom. The predicted octanol–water partition coefficient (Wildman–Crippen LogP) is 0.440. The van der Waals surface area contributed by atoms with Crippen LogP contribution in [0.3, 0.4) is 0 Å². The van der Waals surface area contributed by atoms with E-state index in [1.807, 2.05) is 0 Å². The molecule has 1 heteroatoms. The van der Waals surface area contributed by atoms with E-state index in [-0.39, 0.29) is 0 Å². The van der Waals surface area contributed by atoms with Gasteiger partial charge in [0.2, 0.25) is 0 Å². The van der Waals surface area contributed by atoms with Crippen LogP contribution in [-0.2, 0) is 0 Å². The summed E-state index contributed by atoms with van der Waals surface area (Å²) in [7, 11) is 0. The van der Waals surface area contributed by atoms with Gasteiger partial charge in [-0.2, -0.15) is 0 Å². The smallest absolute Gasteiger partial charge is 0.0774 e. The molecule has 0 aromatic rings. The molecule has 0 unspecified atom stereocenters. The lowest BCUT2D eigenvalue weighted by molar-refractivity contribution is -0.380. The van der Waals surface area contributed by atoms with Gasteiger partial charge in [0, 0.05) is 5.92 Å². The van der Waals surface area contributed by atoms with Crippen molar-refractivity contribution in [2.45, 2.75) is 12.8 Å². The van der Waals surface area contributed by atoms with Crippen molar-refractivity contribution < 1.29 is 5.73 Å². The lowest BCUT2D eigenvalue weighted by Crippen LogP contribution is -2.54. The standard InChI is InChI=1S/C8H13N/c9-5-8-4-6-1-2-7(8)3-6/h1-2,6-8H,3-5,9H2/p+1/t6-,7+,8-/m0/s1. The maximum Gasteiger partial charge on any atom is 0.0774 e. The van der Waals surface area contributed by atoms with Gasteiger partial charge in [-0.1, -0.05) is 12.2 Å². The first-order valence-electron chi connectivity index (χ1n) is 3.87. The van der Waals surface area contributed by atoms with Crippen LogP contribution in [0.15, 0.2) is 12.2 Å². The molecule has 1 fully saturated rings. The van der Waals surface area contributed by atoms with Gasteiger partial charge in [0.05, 0.1) is 6.54 Å². The van der Waals surface area contributed by atoms with Gasteiger partial charge in [0.15, 0.2) is 0 Å². The maximum atomic E-state index is 3.95. The first kappa shape index (κ1) is 5.48. The third-order valence-corrected chi connectivity index (χ3v) is 2.79. The molecule has 1 saturated carbocycles. The molecule has 0 heterocycles. The van der Waals surface area contributed by atoms with E-state index in [2.05, 4.69) is 17.9 Å². The summed E-state index contributed by atoms with van der Waals surface area (Å²) in [6, 6.07) is 0. The molecule has 50 valence electrons. The Kier molecular flexibility index (Phi) is 1.12. The molecule has 3 N–H and O–H groups in total. The minimum Gasteiger partial charge on any atom is -0.357 e. The van der Waals surface area contributed by atoms with Gasteiger partial charge in [0.25, 0.3) is 0 Å². The molecular formula is C8H14N+. The van der Waals surface area contributed by atoms with Crippen LogP contribution in [0.1, 0.15) is 12.8 Å². The number of allylic oxidation sites excluding steroid dienone is 2. The highest BCUT2D eigenvalue weighted by Gasteiger charge is 2.35. The lowest BCUT2D eigenvalue weighted by atomic mass is 9.94. The first-order chi connectivity index (χ1) is 4.40. The van der Waals surface area contributed by atoms with Crippen LogP contribution in [0, 0.1) is 17.8 Å². The minimum atomic E-state index is 0.910. The van der Waals surface area contributed by atoms with E-state index in [0.29, 0.717) is 0 Å². The maximum absolute atomic E-state index is 3.95. The van der Waals surface area contributed by atoms with Crippen LogP contribution in [-0.4, -0.2) is 6.54 Å². The van der Waals surface area contributed by atoms with E-state index in [9.17, 15) is 0 Å². The van der Waals surface area contributed by atoms with E-state index >= 15 is 0 Å². The van der Waals surface area contributed by atoms with Crippen LogP contribution in [0.4, 0.5) is 0 Å². The average Bonchev–Trinajstić information content (AvgIpc) is 2.45. The Hall–Kier alpha value is -0.300. The van der Waals surface area contributed by atoms with E-state index in [1.165, 1.54) is 12.8 Å². The summed E-state index contributed by atoms with van der Waals surface area (Å²) in [6.07, 6.45) is 7.63. The molecule has 2 bridgehead atoms. The van der Waals surface area contributed by atoms with Crippen molar-refractivity contribution in [3.8, 4) is 0 Å². The number of fused-ring (bicyclic) bond motifs is 2. The molecule has 0 aromatic carbocycles. The summed E-state index contributed by atoms with van der Waals surface area (Å²) in [5.41, 5.74) is 3.95. The molecule has 2 aliphatic rings. The van der Waals surface area contributed by atoms with Crippen LogP contribution in [0.25, 0.3) is 0 Å². The SMILES string of the molecule is [NH3+]C[C@@H]1C[C@H]2C=C[C@@H]1C2. The van der Waals surface area contributed by atoms with Gasteiger partial charge in [-0.25, -0.2) is 0 Å². The van der Waals surface area contributed by atoms with Crippen molar-refractivity contribution in [3.05, 3.63) is 12.2 Å². The molecule has 0 radical (unpaired) electrons. The molecule has 1 nitrogen and oxygen atoms in total. The lowest BCUT2D eigenvalue weighted by Gasteiger charge is -2.11. The summed E-state index contributed by atoms with van der Waals surface area (Å²) in [4.78, 5) is 0. The zero-order chi connectivity index (χ0) is 6.27. The highest BCUT2D eigenvalue weighted by Crippen LogP contribution is 2.42. The van der Waals surface area contributed by atoms with Gasteiger partial charge >= 0.3 is 0 Å². The van der Waals surface area contributed by atoms with E-state index in [1.54, 1.807) is 0 Å². The van der Waals surface area contributed by atoms with E-state index < -0.39 is 0 Å². The van der Waals surface area contributed by atoms with Gasteiger partial charge in [-0.05, 0) is 24.7 Å². The number of hydrogen-bond donors (Lipinski definition) is 1. The van der Waals surface area contributed by atoms with Crippen molar-refractivity contribution in [2.75, 3.05) is 6.54 Å². The molecule has 0 saturated heterocycles. The topological polar surface area (TPSA) is 27.6 Å². The van der Waals surface area contributed by atoms with E-state index in [4.69, 9.17) is 0 Å². The average molecular weight is 124 g/mol. The quantitative estimate of drug-likeness (QED) is 0.491. The Morgan fingerprint density at radius 2 is 2.22 bits per heavy atom. The van der Waals surface area contributed by atoms with Crippen molar-refractivity contribution in [1.29, 1.82) is 0 Å². The van der Waals surface area contributed by atoms with Crippen molar-refractivity contribution in [2.24, 2.45) is 17.8 Å². The fourth-order valence-electron chi connectivity index (χ4n) is 2.23. The third-order valence-electron chi connectivity index (χ3n) is 2.79. The van der Waals surface area contributed by atoms with Gasteiger partial charge in [-0.15, -0.1) is 0 Å². The molecule has 0 amide bonds. The fraction of sp³-hybridized carbons (Fsp3) is 0.750. The van der Waals surface area contributed by atoms with Crippen LogP contribution >= 0.6 is 0 Å². The predicted molar refractivity (Wildman–Crippen MR) is 36.6 cm³/mol. The van der Waals surface area contributed by atoms with Crippen molar-refractivity contribution in [1.82, 2.24) is 0 Å². The molecular weight excluding hydrogens is 110 g/mol. The summed E-state index contributed by atoms with van der Waals surface area (Å²) in [5.74, 6) is 2.77. The molecule has 2 aliphatic carbocycles. The van der Waals surface area contributed by atoms with Crippen molar-refractivity contribution in [3.63, 3.8) is 0 Å². The second-order valence-corrected chi connectivity index (χ2v) is 3.33. The second kappa shape index (κ2) is 1.84. The Balaban J connectivity index is 2.10. The number of hydrogen-bond acceptors (Lipinski definition) is 0. The highest BCUT2D eigenvalue weighted by atomic mass is 14.6. The fourth-order valence-corrected chi connectivity index (χ4v) is 2.23. The van der Waals surface area contributed by atoms with Gasteiger partial charge in [-0.3, -0.25) is 0 Å². The molecule has 0 spiro atoms. The second-order valence-electron chi connectivity index (χ2n) is 3.33. The van der Waals surface area contributed by atoms with Crippen LogP contribution < -0.4 is 5.73 Å². The summed E-state index contributed by atoms with van der Waals surface area (Å²) >= 11 is 0. The summed E-state index contributed by atoms with van der Waals surface area (Å²) in [6.45, 7) is 1.14. The third kappa shape index (κ3) is 0.715. The Labute approximate surface area is 55.9 Å². The first-order valence-corrected chi connectivity index (χ1v) is 3.87. The van der Waals surface area contributed by atoms with E-state index in [0.717, 1.165) is 24.3 Å². The minimum absolute atomic E-state index is 0.910. The monoisotopic (exact) mass is 124 g/mol. The Bertz CT molecular complexity index is 140. The summed E-state index contributed by atoms with van der Waals surface area (Å²) in [5, 5.41) is 0. The van der Waals surface area contributed by atoms with Gasteiger partial charge < -0.3 is 5.73 Å². The molecule has 0 aliphatic heterocycles. The summed E-state index contributed by atoms with van der Waals surface area (Å²) < 4.78 is 0. The van der Waals surface area contributed by atoms with Crippen molar-refractivity contribution >= 4 is 0 Å². The Morgan fingerprint density at radius 1 is 1.33 bits per heavy atom. The zero-order valence-corrected chi connectivity index (χ0v) is 5.72. The molecule has 0 aromatic heterocycles. The normalized spacial score (nSPS) is 46.6. The van der Waals surface area contributed by atoms with Gasteiger partial charge in [0.1, 0.15) is 0 Å². The number of rotatable bonds is 1. The van der Waals surface area contributed by atoms with Crippen LogP contribution in [0.2, 0.25) is 0 Å². The molecule has 9 heavy (non-hydrogen) atoms. The largest absolute Gasteiger partial charge is 0.357 e. The number of quaternary nitrogens is 1.